The van der Waals surface area contributed by atoms with Gasteiger partial charge in [-0.1, -0.05) is 0 Å². The van der Waals surface area contributed by atoms with Crippen molar-refractivity contribution in [1.82, 2.24) is 14.2 Å². The first kappa shape index (κ1) is 16.6. The normalized spacial score (nSPS) is 28.9. The van der Waals surface area contributed by atoms with Gasteiger partial charge in [-0.25, -0.2) is 17.7 Å². The van der Waals surface area contributed by atoms with Crippen LogP contribution in [0.3, 0.4) is 0 Å². The van der Waals surface area contributed by atoms with Crippen molar-refractivity contribution in [3.8, 4) is 0 Å². The number of carboxylic acids is 1. The van der Waals surface area contributed by atoms with E-state index in [1.807, 2.05) is 12.4 Å². The van der Waals surface area contributed by atoms with Crippen molar-refractivity contribution in [1.29, 1.82) is 0 Å². The maximum absolute atomic E-state index is 11.9. The number of hydrogen-bond donors (Lipinski definition) is 2. The van der Waals surface area contributed by atoms with Crippen molar-refractivity contribution < 1.29 is 18.3 Å². The molecule has 0 aromatic carbocycles. The maximum Gasteiger partial charge on any atom is 0.312 e. The molecule has 10 heteroatoms. The fraction of sp³-hybridized carbons (Fsp3) is 0.692. The first-order valence-electron chi connectivity index (χ1n) is 7.27. The van der Waals surface area contributed by atoms with Crippen LogP contribution in [0.1, 0.15) is 5.69 Å². The number of carboxylic acid groups (broad SMARTS) is 1. The number of thiazole rings is 1. The Morgan fingerprint density at radius 2 is 2.26 bits per heavy atom. The standard InChI is InChI=1S/C13H20N4O4S2/c1-14-12-15-10(6-22-12)5-16-3-9-4-17(23(2,20)21)8-13(9,7-16)11(18)19/h6,9H,3-5,7-8H2,1-2H3,(H,14,15)(H,18,19)/t9-,13-/m1/s1. The lowest BCUT2D eigenvalue weighted by molar-refractivity contribution is -0.148. The second-order valence-corrected chi connectivity index (χ2v) is 9.12. The van der Waals surface area contributed by atoms with E-state index in [1.165, 1.54) is 15.6 Å². The van der Waals surface area contributed by atoms with E-state index in [4.69, 9.17) is 0 Å². The highest BCUT2D eigenvalue weighted by Crippen LogP contribution is 2.44. The summed E-state index contributed by atoms with van der Waals surface area (Å²) in [6.07, 6.45) is 1.13. The Bertz CT molecular complexity index is 719. The molecule has 23 heavy (non-hydrogen) atoms. The lowest BCUT2D eigenvalue weighted by Gasteiger charge is -2.24. The summed E-state index contributed by atoms with van der Waals surface area (Å²) < 4.78 is 24.8. The number of fused-ring (bicyclic) bond motifs is 1. The van der Waals surface area contributed by atoms with Gasteiger partial charge in [-0.15, -0.1) is 11.3 Å². The van der Waals surface area contributed by atoms with Gasteiger partial charge in [-0.05, 0) is 0 Å². The molecule has 0 saturated carbocycles. The summed E-state index contributed by atoms with van der Waals surface area (Å²) in [5.74, 6) is -1.09. The Morgan fingerprint density at radius 1 is 1.52 bits per heavy atom. The number of carbonyl (C=O) groups is 1. The van der Waals surface area contributed by atoms with Gasteiger partial charge < -0.3 is 10.4 Å². The van der Waals surface area contributed by atoms with E-state index >= 15 is 0 Å². The largest absolute Gasteiger partial charge is 0.481 e. The highest BCUT2D eigenvalue weighted by Gasteiger charge is 2.59. The number of hydrogen-bond acceptors (Lipinski definition) is 7. The molecule has 2 fully saturated rings. The fourth-order valence-electron chi connectivity index (χ4n) is 3.52. The van der Waals surface area contributed by atoms with Gasteiger partial charge in [0.2, 0.25) is 10.0 Å². The molecule has 3 rings (SSSR count). The predicted molar refractivity (Wildman–Crippen MR) is 86.9 cm³/mol. The molecule has 0 amide bonds. The number of aromatic nitrogens is 1. The molecule has 0 aliphatic carbocycles. The molecule has 2 aliphatic rings. The molecule has 0 radical (unpaired) electrons. The number of rotatable bonds is 5. The van der Waals surface area contributed by atoms with Crippen LogP contribution in [0.4, 0.5) is 5.13 Å². The van der Waals surface area contributed by atoms with E-state index in [1.54, 1.807) is 0 Å². The Morgan fingerprint density at radius 3 is 2.78 bits per heavy atom. The van der Waals surface area contributed by atoms with E-state index in [0.717, 1.165) is 17.1 Å². The van der Waals surface area contributed by atoms with E-state index in [9.17, 15) is 18.3 Å². The van der Waals surface area contributed by atoms with Gasteiger partial charge in [-0.3, -0.25) is 9.69 Å². The van der Waals surface area contributed by atoms with Crippen LogP contribution < -0.4 is 5.32 Å². The smallest absolute Gasteiger partial charge is 0.312 e. The predicted octanol–water partition coefficient (Wildman–Crippen LogP) is -0.0372. The number of sulfonamides is 1. The second-order valence-electron chi connectivity index (χ2n) is 6.28. The van der Waals surface area contributed by atoms with Crippen LogP contribution >= 0.6 is 11.3 Å². The summed E-state index contributed by atoms with van der Waals surface area (Å²) in [6, 6.07) is 0. The molecule has 2 saturated heterocycles. The van der Waals surface area contributed by atoms with Crippen LogP contribution in [-0.2, 0) is 21.4 Å². The SMILES string of the molecule is CNc1nc(CN2C[C@@H]3CN(S(C)(=O)=O)C[C@]3(C(=O)O)C2)cs1. The number of nitrogens with one attached hydrogen (secondary N) is 1. The van der Waals surface area contributed by atoms with E-state index in [0.29, 0.717) is 19.6 Å². The topological polar surface area (TPSA) is 103 Å². The summed E-state index contributed by atoms with van der Waals surface area (Å²) in [5, 5.41) is 15.5. The molecule has 2 atom stereocenters. The Labute approximate surface area is 139 Å². The van der Waals surface area contributed by atoms with Gasteiger partial charge in [0.15, 0.2) is 5.13 Å². The number of anilines is 1. The van der Waals surface area contributed by atoms with E-state index in [2.05, 4.69) is 15.2 Å². The van der Waals surface area contributed by atoms with Crippen LogP contribution in [-0.4, -0.2) is 73.2 Å². The zero-order valence-electron chi connectivity index (χ0n) is 13.0. The van der Waals surface area contributed by atoms with Gasteiger partial charge in [0.1, 0.15) is 0 Å². The summed E-state index contributed by atoms with van der Waals surface area (Å²) >= 11 is 1.51. The zero-order valence-corrected chi connectivity index (χ0v) is 14.7. The van der Waals surface area contributed by atoms with Crippen molar-refractivity contribution in [3.05, 3.63) is 11.1 Å². The third-order valence-corrected chi connectivity index (χ3v) is 6.82. The van der Waals surface area contributed by atoms with Crippen LogP contribution in [0.25, 0.3) is 0 Å². The van der Waals surface area contributed by atoms with Crippen molar-refractivity contribution in [3.63, 3.8) is 0 Å². The van der Waals surface area contributed by atoms with Gasteiger partial charge >= 0.3 is 5.97 Å². The molecule has 0 bridgehead atoms. The maximum atomic E-state index is 11.9. The zero-order chi connectivity index (χ0) is 16.8. The number of likely N-dealkylation sites (tertiary alicyclic amines) is 1. The molecule has 2 aliphatic heterocycles. The van der Waals surface area contributed by atoms with Crippen LogP contribution in [0, 0.1) is 11.3 Å². The molecular formula is C13H20N4O4S2. The first-order chi connectivity index (χ1) is 10.7. The van der Waals surface area contributed by atoms with E-state index in [-0.39, 0.29) is 19.0 Å². The Kier molecular flexibility index (Phi) is 4.11. The van der Waals surface area contributed by atoms with Crippen LogP contribution in [0.15, 0.2) is 5.38 Å². The Hall–Kier alpha value is -1.23. The minimum Gasteiger partial charge on any atom is -0.481 e. The summed E-state index contributed by atoms with van der Waals surface area (Å²) in [4.78, 5) is 18.3. The van der Waals surface area contributed by atoms with E-state index < -0.39 is 21.4 Å². The van der Waals surface area contributed by atoms with Crippen LogP contribution in [0.5, 0.6) is 0 Å². The number of nitrogens with zero attached hydrogens (tertiary/aromatic N) is 3. The summed E-state index contributed by atoms with van der Waals surface area (Å²) in [7, 11) is -1.55. The van der Waals surface area contributed by atoms with Gasteiger partial charge in [0.25, 0.3) is 0 Å². The highest BCUT2D eigenvalue weighted by atomic mass is 32.2. The Balaban J connectivity index is 1.75. The van der Waals surface area contributed by atoms with Crippen molar-refractivity contribution in [2.75, 3.05) is 44.8 Å². The van der Waals surface area contributed by atoms with Gasteiger partial charge in [-0.2, -0.15) is 0 Å². The quantitative estimate of drug-likeness (QED) is 0.760. The molecule has 0 spiro atoms. The molecular weight excluding hydrogens is 340 g/mol. The molecule has 0 unspecified atom stereocenters. The van der Waals surface area contributed by atoms with Gasteiger partial charge in [0, 0.05) is 51.1 Å². The lowest BCUT2D eigenvalue weighted by atomic mass is 9.81. The highest BCUT2D eigenvalue weighted by molar-refractivity contribution is 7.88. The average Bonchev–Trinajstić information content (AvgIpc) is 3.10. The minimum absolute atomic E-state index is 0.0567. The minimum atomic E-state index is -3.36. The first-order valence-corrected chi connectivity index (χ1v) is 10.0. The summed E-state index contributed by atoms with van der Waals surface area (Å²) in [6.45, 7) is 1.85. The average molecular weight is 360 g/mol. The summed E-state index contributed by atoms with van der Waals surface area (Å²) in [5.41, 5.74) is -0.106. The third kappa shape index (κ3) is 2.95. The molecule has 3 heterocycles. The fourth-order valence-corrected chi connectivity index (χ4v) is 5.10. The van der Waals surface area contributed by atoms with Crippen molar-refractivity contribution in [2.45, 2.75) is 6.54 Å². The molecule has 1 aromatic rings. The van der Waals surface area contributed by atoms with Crippen LogP contribution in [0.2, 0.25) is 0 Å². The monoisotopic (exact) mass is 360 g/mol. The van der Waals surface area contributed by atoms with Crippen molar-refractivity contribution in [2.24, 2.45) is 11.3 Å². The number of aliphatic carboxylic acids is 1. The molecule has 128 valence electrons. The molecule has 2 N–H and O–H groups in total. The van der Waals surface area contributed by atoms with Crippen molar-refractivity contribution >= 4 is 32.5 Å². The second kappa shape index (κ2) is 5.69. The molecule has 1 aromatic heterocycles. The lowest BCUT2D eigenvalue weighted by Crippen LogP contribution is -2.41. The van der Waals surface area contributed by atoms with Gasteiger partial charge in [0.05, 0.1) is 17.4 Å². The molecule has 8 nitrogen and oxygen atoms in total. The third-order valence-electron chi connectivity index (χ3n) is 4.69.